The monoisotopic (exact) mass is 253 g/mol. The number of benzene rings is 1. The van der Waals surface area contributed by atoms with Gasteiger partial charge in [0.15, 0.2) is 17.7 Å². The lowest BCUT2D eigenvalue weighted by molar-refractivity contribution is -0.127. The van der Waals surface area contributed by atoms with Gasteiger partial charge in [-0.1, -0.05) is 26.0 Å². The number of rotatable bonds is 6. The van der Waals surface area contributed by atoms with Crippen molar-refractivity contribution in [3.05, 3.63) is 30.1 Å². The molecule has 0 bridgehead atoms. The number of nitrogens with one attached hydrogen (secondary N) is 1. The Labute approximate surface area is 107 Å². The summed E-state index contributed by atoms with van der Waals surface area (Å²) in [4.78, 5) is 11.7. The molecule has 0 aliphatic carbocycles. The molecule has 0 saturated heterocycles. The number of hydrogen-bond acceptors (Lipinski definition) is 2. The number of amides is 1. The van der Waals surface area contributed by atoms with E-state index in [4.69, 9.17) is 4.74 Å². The van der Waals surface area contributed by atoms with Crippen LogP contribution in [0.4, 0.5) is 4.39 Å². The molecular formula is C14H20FNO2. The van der Waals surface area contributed by atoms with Crippen LogP contribution in [0.2, 0.25) is 0 Å². The number of hydrogen-bond donors (Lipinski definition) is 1. The van der Waals surface area contributed by atoms with Crippen LogP contribution >= 0.6 is 0 Å². The molecule has 1 atom stereocenters. The van der Waals surface area contributed by atoms with Crippen LogP contribution in [0.5, 0.6) is 5.75 Å². The molecule has 1 aromatic rings. The van der Waals surface area contributed by atoms with E-state index in [-0.39, 0.29) is 11.7 Å². The molecule has 1 rings (SSSR count). The molecule has 0 fully saturated rings. The second-order valence-corrected chi connectivity index (χ2v) is 4.66. The van der Waals surface area contributed by atoms with Gasteiger partial charge < -0.3 is 10.1 Å². The van der Waals surface area contributed by atoms with Crippen molar-refractivity contribution in [2.24, 2.45) is 5.92 Å². The number of carbonyl (C=O) groups is 1. The fourth-order valence-electron chi connectivity index (χ4n) is 1.41. The van der Waals surface area contributed by atoms with E-state index < -0.39 is 11.9 Å². The summed E-state index contributed by atoms with van der Waals surface area (Å²) in [7, 11) is 0. The molecule has 0 heterocycles. The maximum absolute atomic E-state index is 13.3. The first kappa shape index (κ1) is 14.5. The first-order valence-electron chi connectivity index (χ1n) is 6.19. The minimum Gasteiger partial charge on any atom is -0.478 e. The quantitative estimate of drug-likeness (QED) is 0.846. The van der Waals surface area contributed by atoms with Gasteiger partial charge in [0.05, 0.1) is 0 Å². The highest BCUT2D eigenvalue weighted by atomic mass is 19.1. The van der Waals surface area contributed by atoms with E-state index in [9.17, 15) is 9.18 Å². The molecule has 0 radical (unpaired) electrons. The lowest BCUT2D eigenvalue weighted by Gasteiger charge is -2.15. The van der Waals surface area contributed by atoms with Gasteiger partial charge in [0.2, 0.25) is 0 Å². The Hall–Kier alpha value is -1.58. The van der Waals surface area contributed by atoms with Gasteiger partial charge >= 0.3 is 0 Å². The van der Waals surface area contributed by atoms with Gasteiger partial charge in [-0.2, -0.15) is 0 Å². The molecule has 1 N–H and O–H groups in total. The summed E-state index contributed by atoms with van der Waals surface area (Å²) in [6, 6.07) is 6.06. The van der Waals surface area contributed by atoms with Crippen molar-refractivity contribution < 1.29 is 13.9 Å². The molecule has 0 saturated carbocycles. The van der Waals surface area contributed by atoms with Crippen molar-refractivity contribution in [3.63, 3.8) is 0 Å². The SMILES string of the molecule is CC(C)CCNC(=O)C(C)Oc1ccccc1F. The summed E-state index contributed by atoms with van der Waals surface area (Å²) in [5.74, 6) is -0.0460. The molecule has 0 aromatic heterocycles. The summed E-state index contributed by atoms with van der Waals surface area (Å²) in [6.07, 6.45) is 0.215. The van der Waals surface area contributed by atoms with E-state index in [2.05, 4.69) is 19.2 Å². The molecule has 0 aliphatic heterocycles. The van der Waals surface area contributed by atoms with Crippen LogP contribution < -0.4 is 10.1 Å². The van der Waals surface area contributed by atoms with Crippen molar-refractivity contribution in [1.29, 1.82) is 0 Å². The highest BCUT2D eigenvalue weighted by Gasteiger charge is 2.15. The highest BCUT2D eigenvalue weighted by Crippen LogP contribution is 2.16. The molecular weight excluding hydrogens is 233 g/mol. The number of carbonyl (C=O) groups excluding carboxylic acids is 1. The number of halogens is 1. The molecule has 1 amide bonds. The van der Waals surface area contributed by atoms with Gasteiger partial charge in [0.1, 0.15) is 0 Å². The smallest absolute Gasteiger partial charge is 0.260 e. The maximum Gasteiger partial charge on any atom is 0.260 e. The highest BCUT2D eigenvalue weighted by molar-refractivity contribution is 5.80. The van der Waals surface area contributed by atoms with Crippen LogP contribution in [0.25, 0.3) is 0 Å². The van der Waals surface area contributed by atoms with E-state index in [0.29, 0.717) is 12.5 Å². The molecule has 0 aliphatic rings. The van der Waals surface area contributed by atoms with Crippen molar-refractivity contribution in [1.82, 2.24) is 5.32 Å². The largest absolute Gasteiger partial charge is 0.478 e. The van der Waals surface area contributed by atoms with Gasteiger partial charge in [0, 0.05) is 6.54 Å². The Morgan fingerprint density at radius 1 is 1.33 bits per heavy atom. The lowest BCUT2D eigenvalue weighted by Crippen LogP contribution is -2.37. The zero-order chi connectivity index (χ0) is 13.5. The summed E-state index contributed by atoms with van der Waals surface area (Å²) in [5.41, 5.74) is 0. The maximum atomic E-state index is 13.3. The van der Waals surface area contributed by atoms with Crippen molar-refractivity contribution in [3.8, 4) is 5.75 Å². The van der Waals surface area contributed by atoms with Crippen LogP contribution in [0, 0.1) is 11.7 Å². The molecule has 1 unspecified atom stereocenters. The Bertz CT molecular complexity index is 393. The van der Waals surface area contributed by atoms with Gasteiger partial charge in [-0.15, -0.1) is 0 Å². The average molecular weight is 253 g/mol. The van der Waals surface area contributed by atoms with Crippen molar-refractivity contribution in [2.45, 2.75) is 33.3 Å². The normalized spacial score (nSPS) is 12.3. The first-order chi connectivity index (χ1) is 8.50. The second-order valence-electron chi connectivity index (χ2n) is 4.66. The van der Waals surface area contributed by atoms with Crippen LogP contribution in [-0.2, 0) is 4.79 Å². The van der Waals surface area contributed by atoms with Gasteiger partial charge in [0.25, 0.3) is 5.91 Å². The zero-order valence-corrected chi connectivity index (χ0v) is 11.1. The summed E-state index contributed by atoms with van der Waals surface area (Å²) in [5, 5.41) is 2.77. The molecule has 100 valence electrons. The van der Waals surface area contributed by atoms with Crippen LogP contribution in [0.15, 0.2) is 24.3 Å². The van der Waals surface area contributed by atoms with Crippen molar-refractivity contribution >= 4 is 5.91 Å². The molecule has 4 heteroatoms. The van der Waals surface area contributed by atoms with Crippen LogP contribution in [0.1, 0.15) is 27.2 Å². The zero-order valence-electron chi connectivity index (χ0n) is 11.1. The van der Waals surface area contributed by atoms with E-state index in [1.54, 1.807) is 19.1 Å². The predicted molar refractivity (Wildman–Crippen MR) is 69.0 cm³/mol. The van der Waals surface area contributed by atoms with Gasteiger partial charge in [-0.25, -0.2) is 4.39 Å². The Morgan fingerprint density at radius 3 is 2.61 bits per heavy atom. The Morgan fingerprint density at radius 2 is 2.00 bits per heavy atom. The van der Waals surface area contributed by atoms with E-state index in [1.807, 2.05) is 0 Å². The van der Waals surface area contributed by atoms with E-state index >= 15 is 0 Å². The van der Waals surface area contributed by atoms with E-state index in [0.717, 1.165) is 6.42 Å². The standard InChI is InChI=1S/C14H20FNO2/c1-10(2)8-9-16-14(17)11(3)18-13-7-5-4-6-12(13)15/h4-7,10-11H,8-9H2,1-3H3,(H,16,17). The molecule has 1 aromatic carbocycles. The van der Waals surface area contributed by atoms with Gasteiger partial charge in [-0.05, 0) is 31.4 Å². The molecule has 3 nitrogen and oxygen atoms in total. The summed E-state index contributed by atoms with van der Waals surface area (Å²) < 4.78 is 18.6. The average Bonchev–Trinajstić information content (AvgIpc) is 2.31. The van der Waals surface area contributed by atoms with Gasteiger partial charge in [-0.3, -0.25) is 4.79 Å². The summed E-state index contributed by atoms with van der Waals surface area (Å²) >= 11 is 0. The Balaban J connectivity index is 2.43. The topological polar surface area (TPSA) is 38.3 Å². The fraction of sp³-hybridized carbons (Fsp3) is 0.500. The Kier molecular flexibility index (Phi) is 5.62. The third-order valence-corrected chi connectivity index (χ3v) is 2.53. The van der Waals surface area contributed by atoms with Crippen LogP contribution in [0.3, 0.4) is 0 Å². The minimum absolute atomic E-state index is 0.101. The lowest BCUT2D eigenvalue weighted by atomic mass is 10.1. The third-order valence-electron chi connectivity index (χ3n) is 2.53. The first-order valence-corrected chi connectivity index (χ1v) is 6.19. The number of ether oxygens (including phenoxy) is 1. The van der Waals surface area contributed by atoms with E-state index in [1.165, 1.54) is 12.1 Å². The predicted octanol–water partition coefficient (Wildman–Crippen LogP) is 2.76. The minimum atomic E-state index is -0.700. The third kappa shape index (κ3) is 4.73. The molecule has 18 heavy (non-hydrogen) atoms. The number of para-hydroxylation sites is 1. The second kappa shape index (κ2) is 6.99. The van der Waals surface area contributed by atoms with Crippen LogP contribution in [-0.4, -0.2) is 18.6 Å². The van der Waals surface area contributed by atoms with Crippen molar-refractivity contribution in [2.75, 3.05) is 6.54 Å². The summed E-state index contributed by atoms with van der Waals surface area (Å²) in [6.45, 7) is 6.40. The molecule has 0 spiro atoms. The fourth-order valence-corrected chi connectivity index (χ4v) is 1.41.